The predicted octanol–water partition coefficient (Wildman–Crippen LogP) is 0.392. The minimum atomic E-state index is -1.26. The molecular formula is C12H12F2N2O5. The van der Waals surface area contributed by atoms with Gasteiger partial charge < -0.3 is 15.2 Å². The van der Waals surface area contributed by atoms with Crippen LogP contribution in [-0.2, 0) is 20.9 Å². The fourth-order valence-electron chi connectivity index (χ4n) is 1.29. The molecule has 0 aliphatic rings. The number of halogens is 2. The number of benzene rings is 1. The van der Waals surface area contributed by atoms with Crippen LogP contribution in [0.4, 0.5) is 13.6 Å². The Hall–Kier alpha value is -2.55. The number of nitrogens with one attached hydrogen (secondary N) is 2. The molecule has 0 aliphatic carbocycles. The molecule has 0 spiro atoms. The molecule has 0 bridgehead atoms. The molecule has 0 aliphatic heterocycles. The summed E-state index contributed by atoms with van der Waals surface area (Å²) in [7, 11) is 0. The summed E-state index contributed by atoms with van der Waals surface area (Å²) in [4.78, 5) is 32.6. The first-order valence-corrected chi connectivity index (χ1v) is 5.69. The largest absolute Gasteiger partial charge is 0.480 e. The highest BCUT2D eigenvalue weighted by molar-refractivity contribution is 5.94. The van der Waals surface area contributed by atoms with Crippen molar-refractivity contribution in [3.63, 3.8) is 0 Å². The van der Waals surface area contributed by atoms with Gasteiger partial charge in [0.2, 0.25) is 0 Å². The smallest absolute Gasteiger partial charge is 0.329 e. The third-order valence-corrected chi connectivity index (χ3v) is 2.16. The normalized spacial score (nSPS) is 10.0. The van der Waals surface area contributed by atoms with E-state index < -0.39 is 42.8 Å². The summed E-state index contributed by atoms with van der Waals surface area (Å²) in [5.41, 5.74) is -0.0836. The number of amides is 3. The maximum Gasteiger partial charge on any atom is 0.329 e. The monoisotopic (exact) mass is 302 g/mol. The average molecular weight is 302 g/mol. The lowest BCUT2D eigenvalue weighted by Gasteiger charge is -2.07. The number of urea groups is 1. The molecule has 1 aromatic rings. The van der Waals surface area contributed by atoms with Crippen molar-refractivity contribution in [3.8, 4) is 0 Å². The zero-order chi connectivity index (χ0) is 15.8. The van der Waals surface area contributed by atoms with E-state index in [0.717, 1.165) is 18.2 Å². The number of aliphatic carboxylic acids is 1. The van der Waals surface area contributed by atoms with Crippen LogP contribution in [0.5, 0.6) is 0 Å². The van der Waals surface area contributed by atoms with Crippen molar-refractivity contribution in [2.75, 3.05) is 13.2 Å². The molecule has 7 nitrogen and oxygen atoms in total. The van der Waals surface area contributed by atoms with Crippen molar-refractivity contribution in [1.29, 1.82) is 0 Å². The van der Waals surface area contributed by atoms with E-state index in [1.165, 1.54) is 0 Å². The van der Waals surface area contributed by atoms with Crippen LogP contribution in [-0.4, -0.2) is 36.2 Å². The highest BCUT2D eigenvalue weighted by Gasteiger charge is 2.10. The van der Waals surface area contributed by atoms with Gasteiger partial charge in [0.25, 0.3) is 5.91 Å². The molecule has 0 radical (unpaired) electrons. The number of ether oxygens (including phenoxy) is 1. The molecule has 0 atom stereocenters. The summed E-state index contributed by atoms with van der Waals surface area (Å²) in [5.74, 6) is -3.48. The molecule has 21 heavy (non-hydrogen) atoms. The first-order chi connectivity index (χ1) is 9.88. The van der Waals surface area contributed by atoms with E-state index in [9.17, 15) is 23.2 Å². The van der Waals surface area contributed by atoms with Crippen molar-refractivity contribution in [2.24, 2.45) is 0 Å². The number of carbonyl (C=O) groups is 3. The topological polar surface area (TPSA) is 105 Å². The first-order valence-electron chi connectivity index (χ1n) is 5.69. The van der Waals surface area contributed by atoms with E-state index in [1.807, 2.05) is 5.32 Å². The fraction of sp³-hybridized carbons (Fsp3) is 0.250. The van der Waals surface area contributed by atoms with Gasteiger partial charge in [-0.2, -0.15) is 0 Å². The molecule has 0 saturated carbocycles. The summed E-state index contributed by atoms with van der Waals surface area (Å²) in [6.07, 6.45) is 0. The van der Waals surface area contributed by atoms with E-state index in [1.54, 1.807) is 0 Å². The summed E-state index contributed by atoms with van der Waals surface area (Å²) < 4.78 is 30.6. The maximum absolute atomic E-state index is 13.2. The van der Waals surface area contributed by atoms with Gasteiger partial charge in [-0.25, -0.2) is 18.4 Å². The molecule has 9 heteroatoms. The number of carbonyl (C=O) groups excluding carboxylic acids is 2. The summed E-state index contributed by atoms with van der Waals surface area (Å²) in [5, 5.41) is 12.2. The van der Waals surface area contributed by atoms with Crippen molar-refractivity contribution >= 4 is 17.9 Å². The average Bonchev–Trinajstić information content (AvgIpc) is 2.39. The quantitative estimate of drug-likeness (QED) is 0.705. The van der Waals surface area contributed by atoms with Crippen LogP contribution in [0.3, 0.4) is 0 Å². The molecule has 1 rings (SSSR count). The van der Waals surface area contributed by atoms with E-state index in [-0.39, 0.29) is 12.1 Å². The van der Waals surface area contributed by atoms with Crippen molar-refractivity contribution in [1.82, 2.24) is 10.6 Å². The highest BCUT2D eigenvalue weighted by Crippen LogP contribution is 2.08. The number of hydrogen-bond donors (Lipinski definition) is 3. The fourth-order valence-corrected chi connectivity index (χ4v) is 1.29. The number of hydrogen-bond acceptors (Lipinski definition) is 4. The summed E-state index contributed by atoms with van der Waals surface area (Å²) in [6.45, 7) is -1.61. The maximum atomic E-state index is 13.2. The van der Waals surface area contributed by atoms with Crippen LogP contribution in [0, 0.1) is 11.6 Å². The number of rotatable bonds is 6. The van der Waals surface area contributed by atoms with Crippen LogP contribution >= 0.6 is 0 Å². The Bertz CT molecular complexity index is 550. The van der Waals surface area contributed by atoms with Gasteiger partial charge in [0.05, 0.1) is 0 Å². The van der Waals surface area contributed by atoms with Gasteiger partial charge in [-0.1, -0.05) is 0 Å². The Labute approximate surface area is 117 Å². The lowest BCUT2D eigenvalue weighted by atomic mass is 10.2. The Balaban J connectivity index is 2.35. The Morgan fingerprint density at radius 3 is 2.57 bits per heavy atom. The Kier molecular flexibility index (Phi) is 6.21. The number of carboxylic acid groups (broad SMARTS) is 1. The zero-order valence-electron chi connectivity index (χ0n) is 10.7. The summed E-state index contributed by atoms with van der Waals surface area (Å²) in [6, 6.07) is 1.81. The molecular weight excluding hydrogens is 290 g/mol. The van der Waals surface area contributed by atoms with E-state index >= 15 is 0 Å². The van der Waals surface area contributed by atoms with Crippen LogP contribution in [0.2, 0.25) is 0 Å². The second-order valence-corrected chi connectivity index (χ2v) is 3.85. The lowest BCUT2D eigenvalue weighted by Crippen LogP contribution is -2.41. The van der Waals surface area contributed by atoms with Gasteiger partial charge in [0, 0.05) is 12.1 Å². The number of imide groups is 1. The second kappa shape index (κ2) is 7.90. The van der Waals surface area contributed by atoms with E-state index in [4.69, 9.17) is 5.11 Å². The molecule has 1 aromatic carbocycles. The highest BCUT2D eigenvalue weighted by atomic mass is 19.1. The zero-order valence-corrected chi connectivity index (χ0v) is 10.7. The molecule has 0 saturated heterocycles. The van der Waals surface area contributed by atoms with Crippen molar-refractivity contribution in [2.45, 2.75) is 6.54 Å². The summed E-state index contributed by atoms with van der Waals surface area (Å²) >= 11 is 0. The molecule has 0 fully saturated rings. The Morgan fingerprint density at radius 1 is 1.19 bits per heavy atom. The second-order valence-electron chi connectivity index (χ2n) is 3.85. The molecule has 0 aromatic heterocycles. The molecule has 114 valence electrons. The lowest BCUT2D eigenvalue weighted by molar-refractivity contribution is -0.143. The minimum absolute atomic E-state index is 0.0836. The minimum Gasteiger partial charge on any atom is -0.480 e. The van der Waals surface area contributed by atoms with Gasteiger partial charge in [-0.3, -0.25) is 10.1 Å². The molecule has 0 heterocycles. The van der Waals surface area contributed by atoms with Gasteiger partial charge in [-0.15, -0.1) is 0 Å². The third kappa shape index (κ3) is 6.43. The molecule has 3 amide bonds. The van der Waals surface area contributed by atoms with Crippen molar-refractivity contribution in [3.05, 3.63) is 35.4 Å². The van der Waals surface area contributed by atoms with Crippen LogP contribution < -0.4 is 10.6 Å². The van der Waals surface area contributed by atoms with Crippen LogP contribution in [0.1, 0.15) is 5.56 Å². The van der Waals surface area contributed by atoms with Gasteiger partial charge in [0.1, 0.15) is 24.8 Å². The van der Waals surface area contributed by atoms with Crippen molar-refractivity contribution < 1.29 is 33.0 Å². The van der Waals surface area contributed by atoms with E-state index in [2.05, 4.69) is 10.1 Å². The van der Waals surface area contributed by atoms with Crippen LogP contribution in [0.25, 0.3) is 0 Å². The van der Waals surface area contributed by atoms with Gasteiger partial charge in [-0.05, 0) is 18.2 Å². The van der Waals surface area contributed by atoms with Gasteiger partial charge >= 0.3 is 12.0 Å². The predicted molar refractivity (Wildman–Crippen MR) is 65.2 cm³/mol. The van der Waals surface area contributed by atoms with Crippen LogP contribution in [0.15, 0.2) is 18.2 Å². The van der Waals surface area contributed by atoms with E-state index in [0.29, 0.717) is 0 Å². The SMILES string of the molecule is O=C(O)COCC(=O)NC(=O)NCc1cc(F)ccc1F. The third-order valence-electron chi connectivity index (χ3n) is 2.16. The molecule has 3 N–H and O–H groups in total. The van der Waals surface area contributed by atoms with Gasteiger partial charge in [0.15, 0.2) is 0 Å². The first kappa shape index (κ1) is 16.5. The Morgan fingerprint density at radius 2 is 1.90 bits per heavy atom. The number of carboxylic acids is 1. The molecule has 0 unspecified atom stereocenters. The standard InChI is InChI=1S/C12H12F2N2O5/c13-8-1-2-9(14)7(3-8)4-15-12(20)16-10(17)5-21-6-11(18)19/h1-3H,4-6H2,(H,18,19)(H2,15,16,17,20).